The van der Waals surface area contributed by atoms with Crippen LogP contribution < -0.4 is 10.1 Å². The van der Waals surface area contributed by atoms with Gasteiger partial charge in [-0.1, -0.05) is 23.7 Å². The fraction of sp³-hybridized carbons (Fsp3) is 0.625. The minimum Gasteiger partial charge on any atom is -0.492 e. The lowest BCUT2D eigenvalue weighted by molar-refractivity contribution is 0.00538. The number of halogens is 1. The lowest BCUT2D eigenvalue weighted by atomic mass is 10.1. The van der Waals surface area contributed by atoms with E-state index in [0.717, 1.165) is 24.3 Å². The van der Waals surface area contributed by atoms with Crippen molar-refractivity contribution in [2.45, 2.75) is 51.3 Å². The lowest BCUT2D eigenvalue weighted by Gasteiger charge is -2.23. The molecule has 0 heterocycles. The summed E-state index contributed by atoms with van der Waals surface area (Å²) in [6.07, 6.45) is 3.38. The predicted molar refractivity (Wildman–Crippen MR) is 82.5 cm³/mol. The van der Waals surface area contributed by atoms with Gasteiger partial charge in [0.25, 0.3) is 0 Å². The average Bonchev–Trinajstić information content (AvgIpc) is 3.23. The summed E-state index contributed by atoms with van der Waals surface area (Å²) in [7, 11) is 1.72. The molecule has 3 nitrogen and oxygen atoms in total. The summed E-state index contributed by atoms with van der Waals surface area (Å²) in [5.41, 5.74) is 0.952. The molecule has 20 heavy (non-hydrogen) atoms. The molecule has 1 aliphatic carbocycles. The van der Waals surface area contributed by atoms with Crippen molar-refractivity contribution in [3.8, 4) is 5.75 Å². The number of ether oxygens (including phenoxy) is 2. The highest BCUT2D eigenvalue weighted by atomic mass is 35.5. The van der Waals surface area contributed by atoms with E-state index < -0.39 is 0 Å². The Bertz CT molecular complexity index is 444. The molecule has 1 aliphatic rings. The third-order valence-electron chi connectivity index (χ3n) is 3.71. The van der Waals surface area contributed by atoms with Crippen LogP contribution in [0.1, 0.15) is 38.7 Å². The predicted octanol–water partition coefficient (Wildman–Crippen LogP) is 3.79. The number of nitrogens with one attached hydrogen (secondary N) is 1. The molecule has 1 N–H and O–H groups in total. The second-order valence-corrected chi connectivity index (χ2v) is 6.35. The monoisotopic (exact) mass is 297 g/mol. The minimum absolute atomic E-state index is 0.173. The molecule has 0 radical (unpaired) electrons. The van der Waals surface area contributed by atoms with Crippen LogP contribution in [0.15, 0.2) is 18.2 Å². The van der Waals surface area contributed by atoms with Crippen LogP contribution in [0.5, 0.6) is 5.75 Å². The highest BCUT2D eigenvalue weighted by Crippen LogP contribution is 2.30. The SMILES string of the molecule is COC(C)(C)CCOc1c(Cl)cccc1CNC1CC1. The van der Waals surface area contributed by atoms with Gasteiger partial charge in [-0.3, -0.25) is 0 Å². The van der Waals surface area contributed by atoms with Crippen LogP contribution >= 0.6 is 11.6 Å². The quantitative estimate of drug-likeness (QED) is 0.792. The summed E-state index contributed by atoms with van der Waals surface area (Å²) >= 11 is 6.26. The van der Waals surface area contributed by atoms with Crippen LogP contribution in [-0.2, 0) is 11.3 Å². The van der Waals surface area contributed by atoms with Gasteiger partial charge < -0.3 is 14.8 Å². The normalized spacial score (nSPS) is 15.4. The molecule has 0 spiro atoms. The fourth-order valence-corrected chi connectivity index (χ4v) is 2.15. The average molecular weight is 298 g/mol. The Balaban J connectivity index is 1.94. The van der Waals surface area contributed by atoms with Crippen molar-refractivity contribution < 1.29 is 9.47 Å². The van der Waals surface area contributed by atoms with E-state index in [0.29, 0.717) is 17.7 Å². The van der Waals surface area contributed by atoms with E-state index in [9.17, 15) is 0 Å². The van der Waals surface area contributed by atoms with Crippen molar-refractivity contribution in [3.05, 3.63) is 28.8 Å². The van der Waals surface area contributed by atoms with Crippen LogP contribution in [0.4, 0.5) is 0 Å². The van der Waals surface area contributed by atoms with Gasteiger partial charge >= 0.3 is 0 Å². The van der Waals surface area contributed by atoms with Gasteiger partial charge in [0.1, 0.15) is 5.75 Å². The van der Waals surface area contributed by atoms with E-state index in [4.69, 9.17) is 21.1 Å². The largest absolute Gasteiger partial charge is 0.492 e. The zero-order valence-corrected chi connectivity index (χ0v) is 13.3. The molecule has 112 valence electrons. The maximum atomic E-state index is 6.26. The van der Waals surface area contributed by atoms with E-state index in [1.54, 1.807) is 7.11 Å². The van der Waals surface area contributed by atoms with Gasteiger partial charge in [0.2, 0.25) is 0 Å². The van der Waals surface area contributed by atoms with E-state index in [-0.39, 0.29) is 5.60 Å². The first kappa shape index (κ1) is 15.6. The van der Waals surface area contributed by atoms with Crippen LogP contribution in [0.2, 0.25) is 5.02 Å². The Morgan fingerprint density at radius 3 is 2.75 bits per heavy atom. The number of hydrogen-bond acceptors (Lipinski definition) is 3. The Morgan fingerprint density at radius 2 is 2.10 bits per heavy atom. The molecular formula is C16H24ClNO2. The molecule has 2 rings (SSSR count). The first-order valence-corrected chi connectivity index (χ1v) is 7.58. The van der Waals surface area contributed by atoms with Crippen molar-refractivity contribution in [2.75, 3.05) is 13.7 Å². The van der Waals surface area contributed by atoms with Gasteiger partial charge in [-0.05, 0) is 32.8 Å². The van der Waals surface area contributed by atoms with E-state index in [1.165, 1.54) is 12.8 Å². The molecule has 1 saturated carbocycles. The summed E-state index contributed by atoms with van der Waals surface area (Å²) in [5, 5.41) is 4.17. The minimum atomic E-state index is -0.173. The van der Waals surface area contributed by atoms with Crippen molar-refractivity contribution in [1.82, 2.24) is 5.32 Å². The van der Waals surface area contributed by atoms with Crippen molar-refractivity contribution >= 4 is 11.6 Å². The number of methoxy groups -OCH3 is 1. The topological polar surface area (TPSA) is 30.5 Å². The molecule has 0 saturated heterocycles. The van der Waals surface area contributed by atoms with Gasteiger partial charge in [0.05, 0.1) is 17.2 Å². The third kappa shape index (κ3) is 4.65. The number of para-hydroxylation sites is 1. The molecule has 0 aromatic heterocycles. The standard InChI is InChI=1S/C16H24ClNO2/c1-16(2,19-3)9-10-20-15-12(5-4-6-14(15)17)11-18-13-7-8-13/h4-6,13,18H,7-11H2,1-3H3. The summed E-state index contributed by atoms with van der Waals surface area (Å²) in [6.45, 7) is 5.52. The summed E-state index contributed by atoms with van der Waals surface area (Å²) < 4.78 is 11.3. The van der Waals surface area contributed by atoms with Crippen molar-refractivity contribution in [3.63, 3.8) is 0 Å². The smallest absolute Gasteiger partial charge is 0.142 e. The zero-order valence-electron chi connectivity index (χ0n) is 12.5. The van der Waals surface area contributed by atoms with Gasteiger partial charge in [-0.15, -0.1) is 0 Å². The maximum Gasteiger partial charge on any atom is 0.142 e. The molecule has 0 bridgehead atoms. The first-order valence-electron chi connectivity index (χ1n) is 7.20. The van der Waals surface area contributed by atoms with Gasteiger partial charge in [0, 0.05) is 31.7 Å². The number of rotatable bonds is 8. The Kier molecular flexibility index (Phi) is 5.30. The number of benzene rings is 1. The maximum absolute atomic E-state index is 6.26. The highest BCUT2D eigenvalue weighted by Gasteiger charge is 2.21. The molecule has 0 amide bonds. The van der Waals surface area contributed by atoms with Crippen molar-refractivity contribution in [2.24, 2.45) is 0 Å². The molecule has 0 unspecified atom stereocenters. The summed E-state index contributed by atoms with van der Waals surface area (Å²) in [5.74, 6) is 0.800. The third-order valence-corrected chi connectivity index (χ3v) is 4.01. The van der Waals surface area contributed by atoms with Crippen LogP contribution in [-0.4, -0.2) is 25.4 Å². The molecule has 1 aromatic carbocycles. The molecule has 1 aromatic rings. The molecule has 4 heteroatoms. The second kappa shape index (κ2) is 6.79. The summed E-state index contributed by atoms with van der Waals surface area (Å²) in [6, 6.07) is 6.59. The Labute approximate surface area is 126 Å². The van der Waals surface area contributed by atoms with Gasteiger partial charge in [-0.25, -0.2) is 0 Å². The molecule has 0 atom stereocenters. The number of hydrogen-bond donors (Lipinski definition) is 1. The molecule has 0 aliphatic heterocycles. The zero-order chi connectivity index (χ0) is 14.6. The van der Waals surface area contributed by atoms with E-state index in [1.807, 2.05) is 12.1 Å². The van der Waals surface area contributed by atoms with Crippen LogP contribution in [0, 0.1) is 0 Å². The highest BCUT2D eigenvalue weighted by molar-refractivity contribution is 6.32. The fourth-order valence-electron chi connectivity index (χ4n) is 1.90. The van der Waals surface area contributed by atoms with E-state index >= 15 is 0 Å². The van der Waals surface area contributed by atoms with Crippen LogP contribution in [0.3, 0.4) is 0 Å². The Morgan fingerprint density at radius 1 is 1.35 bits per heavy atom. The Hall–Kier alpha value is -0.770. The second-order valence-electron chi connectivity index (χ2n) is 5.95. The first-order chi connectivity index (χ1) is 9.52. The van der Waals surface area contributed by atoms with Crippen LogP contribution in [0.25, 0.3) is 0 Å². The molecule has 1 fully saturated rings. The van der Waals surface area contributed by atoms with E-state index in [2.05, 4.69) is 25.2 Å². The summed E-state index contributed by atoms with van der Waals surface area (Å²) in [4.78, 5) is 0. The van der Waals surface area contributed by atoms with Gasteiger partial charge in [-0.2, -0.15) is 0 Å². The lowest BCUT2D eigenvalue weighted by Crippen LogP contribution is -2.25. The van der Waals surface area contributed by atoms with Gasteiger partial charge in [0.15, 0.2) is 0 Å². The molecular weight excluding hydrogens is 274 g/mol. The van der Waals surface area contributed by atoms with Crippen molar-refractivity contribution in [1.29, 1.82) is 0 Å².